The van der Waals surface area contributed by atoms with Crippen LogP contribution in [0.3, 0.4) is 0 Å². The highest BCUT2D eigenvalue weighted by Crippen LogP contribution is 2.27. The number of ether oxygens (including phenoxy) is 1. The molecule has 0 aromatic carbocycles. The summed E-state index contributed by atoms with van der Waals surface area (Å²) in [5.74, 6) is 0. The molecule has 3 atom stereocenters. The minimum absolute atomic E-state index is 0.190. The zero-order chi connectivity index (χ0) is 15.4. The summed E-state index contributed by atoms with van der Waals surface area (Å²) in [6.07, 6.45) is 4.69. The van der Waals surface area contributed by atoms with Gasteiger partial charge in [0.05, 0.1) is 18.3 Å². The van der Waals surface area contributed by atoms with Gasteiger partial charge < -0.3 is 14.9 Å². The Bertz CT molecular complexity index is 619. The Kier molecular flexibility index (Phi) is 5.11. The van der Waals surface area contributed by atoms with Crippen LogP contribution in [0.25, 0.3) is 6.08 Å². The number of hydrogen-bond acceptors (Lipinski definition) is 5. The van der Waals surface area contributed by atoms with E-state index in [1.807, 2.05) is 13.0 Å². The first-order valence-corrected chi connectivity index (χ1v) is 7.03. The van der Waals surface area contributed by atoms with Crippen molar-refractivity contribution < 1.29 is 14.9 Å². The molecule has 1 fully saturated rings. The maximum Gasteiger partial charge on any atom is 0.330 e. The minimum Gasteiger partial charge on any atom is -0.394 e. The molecule has 1 aliphatic rings. The van der Waals surface area contributed by atoms with Crippen LogP contribution < -0.4 is 11.2 Å². The molecule has 0 unspecified atom stereocenters. The molecule has 0 saturated carbocycles. The summed E-state index contributed by atoms with van der Waals surface area (Å²) in [5, 5.41) is 18.8. The van der Waals surface area contributed by atoms with E-state index in [2.05, 4.69) is 4.98 Å². The highest BCUT2D eigenvalue weighted by Gasteiger charge is 2.35. The lowest BCUT2D eigenvalue weighted by Crippen LogP contribution is -2.33. The van der Waals surface area contributed by atoms with Crippen molar-refractivity contribution in [2.45, 2.75) is 44.6 Å². The second kappa shape index (κ2) is 6.84. The normalized spacial score (nSPS) is 25.8. The smallest absolute Gasteiger partial charge is 0.330 e. The molecular weight excluding hydrogens is 276 g/mol. The van der Waals surface area contributed by atoms with Crippen LogP contribution in [0.2, 0.25) is 0 Å². The maximum absolute atomic E-state index is 11.9. The van der Waals surface area contributed by atoms with Gasteiger partial charge in [0, 0.05) is 12.6 Å². The summed E-state index contributed by atoms with van der Waals surface area (Å²) >= 11 is 0. The molecule has 7 nitrogen and oxygen atoms in total. The van der Waals surface area contributed by atoms with Gasteiger partial charge in [-0.25, -0.2) is 4.79 Å². The maximum atomic E-state index is 11.9. The third kappa shape index (κ3) is 3.49. The zero-order valence-electron chi connectivity index (χ0n) is 11.9. The number of aromatic amines is 1. The van der Waals surface area contributed by atoms with Crippen molar-refractivity contribution in [3.8, 4) is 0 Å². The second-order valence-corrected chi connectivity index (χ2v) is 5.06. The molecule has 0 spiro atoms. The first kappa shape index (κ1) is 15.7. The Morgan fingerprint density at radius 1 is 1.52 bits per heavy atom. The van der Waals surface area contributed by atoms with Crippen molar-refractivity contribution in [3.63, 3.8) is 0 Å². The van der Waals surface area contributed by atoms with Gasteiger partial charge in [-0.3, -0.25) is 14.3 Å². The molecule has 7 heteroatoms. The third-order valence-electron chi connectivity index (χ3n) is 3.44. The van der Waals surface area contributed by atoms with Gasteiger partial charge in [0.25, 0.3) is 5.56 Å². The highest BCUT2D eigenvalue weighted by molar-refractivity contribution is 5.46. The summed E-state index contributed by atoms with van der Waals surface area (Å²) in [6, 6.07) is 0. The first-order chi connectivity index (χ1) is 10.1. The fraction of sp³-hybridized carbons (Fsp3) is 0.571. The van der Waals surface area contributed by atoms with Gasteiger partial charge in [-0.05, 0) is 6.42 Å². The number of H-pyrrole nitrogens is 1. The largest absolute Gasteiger partial charge is 0.394 e. The molecule has 0 aliphatic carbocycles. The number of allylic oxidation sites excluding steroid dienone is 1. The van der Waals surface area contributed by atoms with Crippen LogP contribution >= 0.6 is 0 Å². The third-order valence-corrected chi connectivity index (χ3v) is 3.44. The topological polar surface area (TPSA) is 105 Å². The van der Waals surface area contributed by atoms with E-state index < -0.39 is 29.7 Å². The van der Waals surface area contributed by atoms with Crippen molar-refractivity contribution in [2.24, 2.45) is 0 Å². The van der Waals surface area contributed by atoms with Crippen molar-refractivity contribution in [2.75, 3.05) is 6.61 Å². The van der Waals surface area contributed by atoms with E-state index in [-0.39, 0.29) is 13.0 Å². The number of nitrogens with one attached hydrogen (secondary N) is 1. The number of aromatic nitrogens is 2. The fourth-order valence-corrected chi connectivity index (χ4v) is 2.26. The van der Waals surface area contributed by atoms with Gasteiger partial charge >= 0.3 is 5.69 Å². The van der Waals surface area contributed by atoms with Gasteiger partial charge in [0.2, 0.25) is 0 Å². The number of unbranched alkanes of at least 4 members (excludes halogenated alkanes) is 1. The van der Waals surface area contributed by atoms with E-state index in [4.69, 9.17) is 9.84 Å². The Morgan fingerprint density at radius 2 is 2.29 bits per heavy atom. The summed E-state index contributed by atoms with van der Waals surface area (Å²) in [4.78, 5) is 25.8. The van der Waals surface area contributed by atoms with Crippen LogP contribution in [-0.2, 0) is 4.74 Å². The molecule has 0 radical (unpaired) electrons. The Morgan fingerprint density at radius 3 is 2.90 bits per heavy atom. The van der Waals surface area contributed by atoms with Crippen LogP contribution in [-0.4, -0.2) is 38.6 Å². The molecule has 2 rings (SSSR count). The molecular formula is C14H20N2O5. The lowest BCUT2D eigenvalue weighted by atomic mass is 10.2. The molecule has 21 heavy (non-hydrogen) atoms. The average Bonchev–Trinajstić information content (AvgIpc) is 2.82. The monoisotopic (exact) mass is 296 g/mol. The molecule has 1 aromatic heterocycles. The average molecular weight is 296 g/mol. The highest BCUT2D eigenvalue weighted by atomic mass is 16.5. The standard InChI is InChI=1S/C14H20N2O5/c1-2-3-4-5-9-7-16(14(20)15-13(9)19)12-6-10(18)11(8-17)21-12/h4-5,7,10-12,17-18H,2-3,6,8H2,1H3,(H,15,19,20)/b5-4+/t10-,11+,12+/m0/s1. The number of aliphatic hydroxyl groups is 2. The Hall–Kier alpha value is -1.70. The molecule has 3 N–H and O–H groups in total. The van der Waals surface area contributed by atoms with Gasteiger partial charge in [-0.2, -0.15) is 0 Å². The summed E-state index contributed by atoms with van der Waals surface area (Å²) in [5.41, 5.74) is -0.696. The van der Waals surface area contributed by atoms with Gasteiger partial charge in [0.15, 0.2) is 0 Å². The zero-order valence-corrected chi connectivity index (χ0v) is 11.9. The van der Waals surface area contributed by atoms with E-state index in [0.29, 0.717) is 5.56 Å². The summed E-state index contributed by atoms with van der Waals surface area (Å²) in [6.45, 7) is 1.71. The van der Waals surface area contributed by atoms with Crippen molar-refractivity contribution >= 4 is 6.08 Å². The second-order valence-electron chi connectivity index (χ2n) is 5.06. The Labute approximate surface area is 121 Å². The van der Waals surface area contributed by atoms with Crippen LogP contribution in [0.4, 0.5) is 0 Å². The number of rotatable bonds is 5. The van der Waals surface area contributed by atoms with E-state index in [9.17, 15) is 14.7 Å². The van der Waals surface area contributed by atoms with Crippen LogP contribution in [0.5, 0.6) is 0 Å². The molecule has 1 aromatic rings. The van der Waals surface area contributed by atoms with Crippen molar-refractivity contribution in [1.29, 1.82) is 0 Å². The van der Waals surface area contributed by atoms with Gasteiger partial charge in [0.1, 0.15) is 12.3 Å². The summed E-state index contributed by atoms with van der Waals surface area (Å²) < 4.78 is 6.67. The number of nitrogens with zero attached hydrogens (tertiary/aromatic N) is 1. The number of hydrogen-bond donors (Lipinski definition) is 3. The Balaban J connectivity index is 2.30. The quantitative estimate of drug-likeness (QED) is 0.709. The number of aliphatic hydroxyl groups excluding tert-OH is 2. The molecule has 0 bridgehead atoms. The first-order valence-electron chi connectivity index (χ1n) is 7.03. The minimum atomic E-state index is -0.835. The van der Waals surface area contributed by atoms with Gasteiger partial charge in [-0.15, -0.1) is 0 Å². The fourth-order valence-electron chi connectivity index (χ4n) is 2.26. The molecule has 1 aliphatic heterocycles. The van der Waals surface area contributed by atoms with Crippen LogP contribution in [0, 0.1) is 0 Å². The van der Waals surface area contributed by atoms with Crippen LogP contribution in [0.15, 0.2) is 21.9 Å². The predicted molar refractivity (Wildman–Crippen MR) is 76.9 cm³/mol. The van der Waals surface area contributed by atoms with Crippen LogP contribution in [0.1, 0.15) is 38.0 Å². The molecule has 0 amide bonds. The lowest BCUT2D eigenvalue weighted by Gasteiger charge is -2.14. The van der Waals surface area contributed by atoms with E-state index in [1.165, 1.54) is 10.8 Å². The molecule has 116 valence electrons. The van der Waals surface area contributed by atoms with Gasteiger partial charge in [-0.1, -0.05) is 25.5 Å². The SMILES string of the molecule is CCC/C=C/c1cn([C@H]2C[C@H](O)[C@@H](CO)O2)c(=O)[nH]c1=O. The van der Waals surface area contributed by atoms with E-state index >= 15 is 0 Å². The predicted octanol–water partition coefficient (Wildman–Crippen LogP) is -0.00940. The summed E-state index contributed by atoms with van der Waals surface area (Å²) in [7, 11) is 0. The van der Waals surface area contributed by atoms with Crippen molar-refractivity contribution in [1.82, 2.24) is 9.55 Å². The van der Waals surface area contributed by atoms with E-state index in [0.717, 1.165) is 12.8 Å². The van der Waals surface area contributed by atoms with E-state index in [1.54, 1.807) is 6.08 Å². The lowest BCUT2D eigenvalue weighted by molar-refractivity contribution is -0.0459. The molecule has 2 heterocycles. The molecule has 1 saturated heterocycles. The van der Waals surface area contributed by atoms with Crippen molar-refractivity contribution in [3.05, 3.63) is 38.7 Å².